The molecular formula is C17H18ClN5. The van der Waals surface area contributed by atoms with Crippen molar-refractivity contribution in [2.75, 3.05) is 29.9 Å². The molecule has 2 aromatic rings. The number of piperidine rings is 1. The summed E-state index contributed by atoms with van der Waals surface area (Å²) < 4.78 is 0. The van der Waals surface area contributed by atoms with Gasteiger partial charge in [-0.15, -0.1) is 0 Å². The van der Waals surface area contributed by atoms with E-state index in [4.69, 9.17) is 11.6 Å². The number of rotatable bonds is 3. The minimum atomic E-state index is 0.337. The number of hydrogen-bond donors (Lipinski definition) is 0. The minimum absolute atomic E-state index is 0.337. The number of nitriles is 1. The lowest BCUT2D eigenvalue weighted by Gasteiger charge is -2.39. The van der Waals surface area contributed by atoms with Crippen LogP contribution in [0.15, 0.2) is 36.8 Å². The monoisotopic (exact) mass is 327 g/mol. The van der Waals surface area contributed by atoms with Crippen LogP contribution in [0.25, 0.3) is 0 Å². The number of anilines is 2. The van der Waals surface area contributed by atoms with Gasteiger partial charge in [0.25, 0.3) is 0 Å². The van der Waals surface area contributed by atoms with E-state index in [1.165, 1.54) is 0 Å². The zero-order chi connectivity index (χ0) is 16.2. The van der Waals surface area contributed by atoms with E-state index in [1.807, 2.05) is 18.2 Å². The third-order valence-electron chi connectivity index (χ3n) is 4.32. The van der Waals surface area contributed by atoms with E-state index in [2.05, 4.69) is 32.9 Å². The Morgan fingerprint density at radius 3 is 3.00 bits per heavy atom. The SMILES string of the molecule is CN(c1ccncn1)C1CCCN(c2cccc(Cl)c2C#N)C1. The van der Waals surface area contributed by atoms with Gasteiger partial charge in [-0.05, 0) is 31.0 Å². The first-order valence-corrected chi connectivity index (χ1v) is 8.01. The van der Waals surface area contributed by atoms with Crippen molar-refractivity contribution in [2.24, 2.45) is 0 Å². The lowest BCUT2D eigenvalue weighted by atomic mass is 10.0. The molecule has 0 saturated carbocycles. The van der Waals surface area contributed by atoms with Crippen LogP contribution >= 0.6 is 11.6 Å². The molecule has 0 aliphatic carbocycles. The van der Waals surface area contributed by atoms with Crippen LogP contribution in [0.3, 0.4) is 0 Å². The summed E-state index contributed by atoms with van der Waals surface area (Å²) in [5, 5.41) is 9.90. The average molecular weight is 328 g/mol. The van der Waals surface area contributed by atoms with E-state index in [1.54, 1.807) is 18.6 Å². The lowest BCUT2D eigenvalue weighted by molar-refractivity contribution is 0.485. The van der Waals surface area contributed by atoms with E-state index in [0.717, 1.165) is 37.4 Å². The summed E-state index contributed by atoms with van der Waals surface area (Å²) >= 11 is 6.17. The maximum atomic E-state index is 9.39. The Morgan fingerprint density at radius 1 is 1.39 bits per heavy atom. The molecule has 1 aliphatic rings. The van der Waals surface area contributed by atoms with Crippen molar-refractivity contribution in [3.05, 3.63) is 47.4 Å². The van der Waals surface area contributed by atoms with Crippen molar-refractivity contribution in [1.29, 1.82) is 5.26 Å². The number of aromatic nitrogens is 2. The molecule has 118 valence electrons. The van der Waals surface area contributed by atoms with Crippen LogP contribution in [0.2, 0.25) is 5.02 Å². The van der Waals surface area contributed by atoms with E-state index in [9.17, 15) is 5.26 Å². The van der Waals surface area contributed by atoms with Crippen LogP contribution in [0, 0.1) is 11.3 Å². The van der Waals surface area contributed by atoms with E-state index >= 15 is 0 Å². The van der Waals surface area contributed by atoms with Crippen LogP contribution in [0.4, 0.5) is 11.5 Å². The molecule has 0 amide bonds. The summed E-state index contributed by atoms with van der Waals surface area (Å²) in [5.74, 6) is 0.915. The molecule has 1 saturated heterocycles. The summed E-state index contributed by atoms with van der Waals surface area (Å²) in [4.78, 5) is 12.7. The molecule has 1 aromatic carbocycles. The van der Waals surface area contributed by atoms with Gasteiger partial charge in [0.1, 0.15) is 18.2 Å². The number of hydrogen-bond acceptors (Lipinski definition) is 5. The molecule has 23 heavy (non-hydrogen) atoms. The van der Waals surface area contributed by atoms with Crippen molar-refractivity contribution >= 4 is 23.1 Å². The molecule has 1 unspecified atom stereocenters. The molecule has 0 spiro atoms. The molecule has 1 fully saturated rings. The summed E-state index contributed by atoms with van der Waals surface area (Å²) in [7, 11) is 2.06. The Bertz CT molecular complexity index is 713. The van der Waals surface area contributed by atoms with Crippen molar-refractivity contribution < 1.29 is 0 Å². The predicted molar refractivity (Wildman–Crippen MR) is 91.8 cm³/mol. The molecular weight excluding hydrogens is 310 g/mol. The smallest absolute Gasteiger partial charge is 0.131 e. The molecule has 5 nitrogen and oxygen atoms in total. The number of halogens is 1. The van der Waals surface area contributed by atoms with E-state index in [-0.39, 0.29) is 0 Å². The highest BCUT2D eigenvalue weighted by molar-refractivity contribution is 6.32. The van der Waals surface area contributed by atoms with Gasteiger partial charge in [0.15, 0.2) is 0 Å². The van der Waals surface area contributed by atoms with Gasteiger partial charge in [0.05, 0.1) is 16.3 Å². The molecule has 0 radical (unpaired) electrons. The molecule has 6 heteroatoms. The number of benzene rings is 1. The van der Waals surface area contributed by atoms with Gasteiger partial charge in [-0.3, -0.25) is 0 Å². The maximum Gasteiger partial charge on any atom is 0.131 e. The molecule has 3 rings (SSSR count). The quantitative estimate of drug-likeness (QED) is 0.867. The van der Waals surface area contributed by atoms with E-state index < -0.39 is 0 Å². The highest BCUT2D eigenvalue weighted by atomic mass is 35.5. The largest absolute Gasteiger partial charge is 0.368 e. The third-order valence-corrected chi connectivity index (χ3v) is 4.63. The molecule has 2 heterocycles. The van der Waals surface area contributed by atoms with Crippen LogP contribution in [-0.4, -0.2) is 36.1 Å². The van der Waals surface area contributed by atoms with Gasteiger partial charge in [0, 0.05) is 32.4 Å². The fraction of sp³-hybridized carbons (Fsp3) is 0.353. The Balaban J connectivity index is 1.82. The summed E-state index contributed by atoms with van der Waals surface area (Å²) in [6.07, 6.45) is 5.48. The number of likely N-dealkylation sites (N-methyl/N-ethyl adjacent to an activating group) is 1. The Labute approximate surface area is 141 Å². The van der Waals surface area contributed by atoms with Crippen molar-refractivity contribution in [2.45, 2.75) is 18.9 Å². The highest BCUT2D eigenvalue weighted by Gasteiger charge is 2.26. The van der Waals surface area contributed by atoms with Gasteiger partial charge >= 0.3 is 0 Å². The van der Waals surface area contributed by atoms with Crippen LogP contribution in [-0.2, 0) is 0 Å². The Kier molecular flexibility index (Phi) is 4.63. The zero-order valence-electron chi connectivity index (χ0n) is 13.0. The van der Waals surface area contributed by atoms with Gasteiger partial charge < -0.3 is 9.80 Å². The van der Waals surface area contributed by atoms with Gasteiger partial charge in [0.2, 0.25) is 0 Å². The Hall–Kier alpha value is -2.32. The van der Waals surface area contributed by atoms with Crippen LogP contribution < -0.4 is 9.80 Å². The van der Waals surface area contributed by atoms with Gasteiger partial charge in [-0.2, -0.15) is 5.26 Å². The molecule has 0 N–H and O–H groups in total. The fourth-order valence-electron chi connectivity index (χ4n) is 3.06. The van der Waals surface area contributed by atoms with Crippen molar-refractivity contribution in [3.8, 4) is 6.07 Å². The molecule has 1 atom stereocenters. The van der Waals surface area contributed by atoms with Crippen molar-refractivity contribution in [3.63, 3.8) is 0 Å². The molecule has 0 bridgehead atoms. The molecule has 1 aromatic heterocycles. The predicted octanol–water partition coefficient (Wildman–Crippen LogP) is 3.11. The normalized spacial score (nSPS) is 17.6. The van der Waals surface area contributed by atoms with Gasteiger partial charge in [-0.1, -0.05) is 17.7 Å². The second kappa shape index (κ2) is 6.84. The minimum Gasteiger partial charge on any atom is -0.368 e. The average Bonchev–Trinajstić information content (AvgIpc) is 2.61. The summed E-state index contributed by atoms with van der Waals surface area (Å²) in [5.41, 5.74) is 1.47. The van der Waals surface area contributed by atoms with Gasteiger partial charge in [-0.25, -0.2) is 9.97 Å². The standard InChI is InChI=1S/C17H18ClN5/c1-22(17-7-8-20-12-21-17)13-4-3-9-23(11-13)16-6-2-5-15(18)14(16)10-19/h2,5-8,12-13H,3-4,9,11H2,1H3. The first-order valence-electron chi connectivity index (χ1n) is 7.63. The second-order valence-corrected chi connectivity index (χ2v) is 6.07. The fourth-order valence-corrected chi connectivity index (χ4v) is 3.27. The lowest BCUT2D eigenvalue weighted by Crippen LogP contribution is -2.47. The zero-order valence-corrected chi connectivity index (χ0v) is 13.7. The first kappa shape index (κ1) is 15.6. The summed E-state index contributed by atoms with van der Waals surface area (Å²) in [6.45, 7) is 1.78. The third kappa shape index (κ3) is 3.22. The van der Waals surface area contributed by atoms with E-state index in [0.29, 0.717) is 16.6 Å². The summed E-state index contributed by atoms with van der Waals surface area (Å²) in [6, 6.07) is 10.1. The first-order chi connectivity index (χ1) is 11.2. The van der Waals surface area contributed by atoms with Crippen LogP contribution in [0.5, 0.6) is 0 Å². The highest BCUT2D eigenvalue weighted by Crippen LogP contribution is 2.30. The topological polar surface area (TPSA) is 56.1 Å². The second-order valence-electron chi connectivity index (χ2n) is 5.67. The molecule has 1 aliphatic heterocycles. The number of nitrogens with zero attached hydrogens (tertiary/aromatic N) is 5. The Morgan fingerprint density at radius 2 is 2.26 bits per heavy atom. The van der Waals surface area contributed by atoms with Crippen molar-refractivity contribution in [1.82, 2.24) is 9.97 Å². The maximum absolute atomic E-state index is 9.39. The van der Waals surface area contributed by atoms with Crippen LogP contribution in [0.1, 0.15) is 18.4 Å².